The van der Waals surface area contributed by atoms with Crippen LogP contribution in [0.2, 0.25) is 5.02 Å². The van der Waals surface area contributed by atoms with Crippen molar-refractivity contribution in [3.63, 3.8) is 0 Å². The lowest BCUT2D eigenvalue weighted by atomic mass is 10.0. The molecule has 0 spiro atoms. The molecule has 0 heterocycles. The third-order valence-corrected chi connectivity index (χ3v) is 8.19. The zero-order valence-corrected chi connectivity index (χ0v) is 24.6. The van der Waals surface area contributed by atoms with Gasteiger partial charge in [-0.1, -0.05) is 71.8 Å². The number of nitrogens with zero attached hydrogens (tertiary/aromatic N) is 2. The normalized spacial score (nSPS) is 12.7. The maximum absolute atomic E-state index is 13.9. The molecule has 0 saturated carbocycles. The van der Waals surface area contributed by atoms with Crippen LogP contribution >= 0.6 is 11.6 Å². The predicted octanol–water partition coefficient (Wildman–Crippen LogP) is 4.82. The summed E-state index contributed by atoms with van der Waals surface area (Å²) in [6, 6.07) is 22.1. The molecule has 3 aromatic carbocycles. The monoisotopic (exact) mass is 569 g/mol. The van der Waals surface area contributed by atoms with Crippen LogP contribution in [0.25, 0.3) is 0 Å². The summed E-state index contributed by atoms with van der Waals surface area (Å²) in [5, 5.41) is 3.42. The Labute approximate surface area is 236 Å². The van der Waals surface area contributed by atoms with Gasteiger partial charge in [0.05, 0.1) is 11.4 Å². The molecule has 3 rings (SSSR count). The Morgan fingerprint density at radius 3 is 2.05 bits per heavy atom. The number of carbonyl (C=O) groups excluding carboxylic acids is 2. The second-order valence-corrected chi connectivity index (χ2v) is 13.1. The Balaban J connectivity index is 1.98. The van der Waals surface area contributed by atoms with Crippen molar-refractivity contribution in [2.24, 2.45) is 0 Å². The number of benzene rings is 3. The van der Waals surface area contributed by atoms with E-state index < -0.39 is 34.1 Å². The molecule has 1 N–H and O–H groups in total. The van der Waals surface area contributed by atoms with Crippen LogP contribution in [0.5, 0.6) is 0 Å². The van der Waals surface area contributed by atoms with E-state index in [4.69, 9.17) is 11.6 Å². The van der Waals surface area contributed by atoms with Crippen LogP contribution in [-0.4, -0.2) is 54.6 Å². The van der Waals surface area contributed by atoms with Crippen molar-refractivity contribution in [2.45, 2.75) is 57.1 Å². The van der Waals surface area contributed by atoms with Crippen LogP contribution in [0.15, 0.2) is 83.8 Å². The van der Waals surface area contributed by atoms with E-state index in [1.807, 2.05) is 82.3 Å². The Morgan fingerprint density at radius 1 is 0.897 bits per heavy atom. The first-order valence-electron chi connectivity index (χ1n) is 12.7. The van der Waals surface area contributed by atoms with E-state index >= 15 is 0 Å². The molecular formula is C30H36ClN3O4S. The van der Waals surface area contributed by atoms with Gasteiger partial charge >= 0.3 is 0 Å². The van der Waals surface area contributed by atoms with Gasteiger partial charge < -0.3 is 10.2 Å². The number of amides is 2. The highest BCUT2D eigenvalue weighted by atomic mass is 35.5. The van der Waals surface area contributed by atoms with Crippen molar-refractivity contribution >= 4 is 33.4 Å². The van der Waals surface area contributed by atoms with E-state index in [1.54, 1.807) is 0 Å². The number of halogens is 1. The van der Waals surface area contributed by atoms with Gasteiger partial charge in [0.2, 0.25) is 21.8 Å². The zero-order valence-electron chi connectivity index (χ0n) is 23.0. The van der Waals surface area contributed by atoms with Crippen LogP contribution in [0.3, 0.4) is 0 Å². The number of hydrogen-bond acceptors (Lipinski definition) is 4. The number of rotatable bonds is 10. The molecule has 0 aromatic heterocycles. The molecule has 2 amide bonds. The molecule has 0 bridgehead atoms. The summed E-state index contributed by atoms with van der Waals surface area (Å²) in [6.07, 6.45) is 0.272. The molecule has 0 fully saturated rings. The summed E-state index contributed by atoms with van der Waals surface area (Å²) in [7, 11) is -2.62. The van der Waals surface area contributed by atoms with Gasteiger partial charge in [0, 0.05) is 30.6 Å². The number of carbonyl (C=O) groups is 2. The van der Waals surface area contributed by atoms with Crippen molar-refractivity contribution in [1.82, 2.24) is 14.5 Å². The SMILES string of the molecule is Cc1ccc(CN(C(=O)CN(C)S(=O)(=O)c2ccc(Cl)cc2)[C@H](Cc2ccccc2)C(=O)NC(C)(C)C)cc1. The minimum absolute atomic E-state index is 0.0265. The first-order valence-corrected chi connectivity index (χ1v) is 14.5. The van der Waals surface area contributed by atoms with Crippen molar-refractivity contribution in [3.8, 4) is 0 Å². The van der Waals surface area contributed by atoms with E-state index in [2.05, 4.69) is 5.32 Å². The number of sulfonamides is 1. The van der Waals surface area contributed by atoms with Crippen LogP contribution in [0, 0.1) is 6.92 Å². The molecule has 3 aromatic rings. The van der Waals surface area contributed by atoms with Gasteiger partial charge in [-0.15, -0.1) is 0 Å². The fourth-order valence-corrected chi connectivity index (χ4v) is 5.30. The number of aryl methyl sites for hydroxylation is 1. The maximum Gasteiger partial charge on any atom is 0.243 e. The Hall–Kier alpha value is -3.20. The molecule has 0 aliphatic carbocycles. The lowest BCUT2D eigenvalue weighted by molar-refractivity contribution is -0.141. The minimum atomic E-state index is -3.97. The predicted molar refractivity (Wildman–Crippen MR) is 155 cm³/mol. The van der Waals surface area contributed by atoms with Crippen molar-refractivity contribution in [1.29, 1.82) is 0 Å². The smallest absolute Gasteiger partial charge is 0.243 e. The van der Waals surface area contributed by atoms with Gasteiger partial charge in [-0.25, -0.2) is 8.42 Å². The third kappa shape index (κ3) is 8.65. The molecule has 0 radical (unpaired) electrons. The van der Waals surface area contributed by atoms with Gasteiger partial charge in [-0.2, -0.15) is 4.31 Å². The largest absolute Gasteiger partial charge is 0.350 e. The topological polar surface area (TPSA) is 86.8 Å². The second-order valence-electron chi connectivity index (χ2n) is 10.7. The molecule has 9 heteroatoms. The minimum Gasteiger partial charge on any atom is -0.350 e. The summed E-state index contributed by atoms with van der Waals surface area (Å²) in [5.74, 6) is -0.796. The fourth-order valence-electron chi connectivity index (χ4n) is 4.05. The zero-order chi connectivity index (χ0) is 28.8. The Bertz CT molecular complexity index is 1370. The number of likely N-dealkylation sites (N-methyl/N-ethyl adjacent to an activating group) is 1. The summed E-state index contributed by atoms with van der Waals surface area (Å²) in [5.41, 5.74) is 2.25. The molecule has 208 valence electrons. The highest BCUT2D eigenvalue weighted by Crippen LogP contribution is 2.20. The van der Waals surface area contributed by atoms with E-state index in [9.17, 15) is 18.0 Å². The van der Waals surface area contributed by atoms with E-state index in [1.165, 1.54) is 36.2 Å². The lowest BCUT2D eigenvalue weighted by Crippen LogP contribution is -2.56. The number of hydrogen-bond donors (Lipinski definition) is 1. The molecule has 0 saturated heterocycles. The van der Waals surface area contributed by atoms with E-state index in [0.29, 0.717) is 5.02 Å². The number of nitrogens with one attached hydrogen (secondary N) is 1. The Kier molecular flexibility index (Phi) is 9.93. The molecule has 7 nitrogen and oxygen atoms in total. The molecule has 0 aliphatic rings. The van der Waals surface area contributed by atoms with E-state index in [-0.39, 0.29) is 23.8 Å². The van der Waals surface area contributed by atoms with Crippen LogP contribution in [-0.2, 0) is 32.6 Å². The van der Waals surface area contributed by atoms with Crippen LogP contribution in [0.1, 0.15) is 37.5 Å². The molecule has 0 aliphatic heterocycles. The van der Waals surface area contributed by atoms with Crippen molar-refractivity contribution < 1.29 is 18.0 Å². The highest BCUT2D eigenvalue weighted by Gasteiger charge is 2.34. The molecule has 1 atom stereocenters. The summed E-state index contributed by atoms with van der Waals surface area (Å²) in [6.45, 7) is 7.31. The molecule has 0 unspecified atom stereocenters. The standard InChI is InChI=1S/C30H36ClN3O4S/c1-22-11-13-24(14-12-22)20-34(27(29(36)32-30(2,3)4)19-23-9-7-6-8-10-23)28(35)21-33(5)39(37,38)26-17-15-25(31)16-18-26/h6-18,27H,19-21H2,1-5H3,(H,32,36)/t27-/m1/s1. The summed E-state index contributed by atoms with van der Waals surface area (Å²) < 4.78 is 27.4. The first kappa shape index (κ1) is 30.3. The lowest BCUT2D eigenvalue weighted by Gasteiger charge is -2.34. The van der Waals surface area contributed by atoms with Gasteiger partial charge in [0.1, 0.15) is 6.04 Å². The first-order chi connectivity index (χ1) is 18.3. The Morgan fingerprint density at radius 2 is 1.49 bits per heavy atom. The molecule has 39 heavy (non-hydrogen) atoms. The van der Waals surface area contributed by atoms with Crippen LogP contribution < -0.4 is 5.32 Å². The van der Waals surface area contributed by atoms with Gasteiger partial charge in [-0.3, -0.25) is 9.59 Å². The van der Waals surface area contributed by atoms with E-state index in [0.717, 1.165) is 21.0 Å². The average Bonchev–Trinajstić information content (AvgIpc) is 2.87. The van der Waals surface area contributed by atoms with Gasteiger partial charge in [-0.05, 0) is 63.1 Å². The quantitative estimate of drug-likeness (QED) is 0.379. The second kappa shape index (κ2) is 12.8. The molecular weight excluding hydrogens is 534 g/mol. The van der Waals surface area contributed by atoms with Crippen molar-refractivity contribution in [2.75, 3.05) is 13.6 Å². The summed E-state index contributed by atoms with van der Waals surface area (Å²) >= 11 is 5.92. The maximum atomic E-state index is 13.9. The fraction of sp³-hybridized carbons (Fsp3) is 0.333. The van der Waals surface area contributed by atoms with Gasteiger partial charge in [0.15, 0.2) is 0 Å². The van der Waals surface area contributed by atoms with Gasteiger partial charge in [0.25, 0.3) is 0 Å². The third-order valence-electron chi connectivity index (χ3n) is 6.12. The highest BCUT2D eigenvalue weighted by molar-refractivity contribution is 7.89. The summed E-state index contributed by atoms with van der Waals surface area (Å²) in [4.78, 5) is 29.0. The van der Waals surface area contributed by atoms with Crippen molar-refractivity contribution in [3.05, 3.63) is 101 Å². The van der Waals surface area contributed by atoms with Crippen LogP contribution in [0.4, 0.5) is 0 Å². The average molecular weight is 570 g/mol.